The van der Waals surface area contributed by atoms with Crippen molar-refractivity contribution < 1.29 is 19.2 Å². The van der Waals surface area contributed by atoms with Gasteiger partial charge in [-0.2, -0.15) is 0 Å². The molecule has 8 heteroatoms. The molecule has 1 aliphatic heterocycles. The molecule has 2 aromatic rings. The number of benzene rings is 2. The largest absolute Gasteiger partial charge is 0.326 e. The van der Waals surface area contributed by atoms with Crippen molar-refractivity contribution in [1.29, 1.82) is 0 Å². The van der Waals surface area contributed by atoms with E-state index in [2.05, 4.69) is 16.0 Å². The van der Waals surface area contributed by atoms with E-state index in [-0.39, 0.29) is 11.8 Å². The summed E-state index contributed by atoms with van der Waals surface area (Å²) in [5.74, 6) is -1.74. The number of anilines is 4. The predicted molar refractivity (Wildman–Crippen MR) is 106 cm³/mol. The maximum absolute atomic E-state index is 12.1. The number of hydrogen-bond donors (Lipinski definition) is 3. The number of nitrogens with zero attached hydrogens (tertiary/aromatic N) is 1. The van der Waals surface area contributed by atoms with E-state index >= 15 is 0 Å². The van der Waals surface area contributed by atoms with E-state index in [1.54, 1.807) is 53.4 Å². The molecule has 2 aromatic carbocycles. The number of carbonyl (C=O) groups excluding carboxylic acids is 4. The first-order chi connectivity index (χ1) is 13.4. The van der Waals surface area contributed by atoms with E-state index < -0.39 is 11.8 Å². The molecule has 0 aromatic heterocycles. The van der Waals surface area contributed by atoms with Crippen LogP contribution in [0.25, 0.3) is 0 Å². The van der Waals surface area contributed by atoms with Gasteiger partial charge in [0.1, 0.15) is 0 Å². The summed E-state index contributed by atoms with van der Waals surface area (Å²) in [6.07, 6.45) is 1.38. The van der Waals surface area contributed by atoms with Crippen LogP contribution in [0.5, 0.6) is 0 Å². The van der Waals surface area contributed by atoms with Gasteiger partial charge in [0.15, 0.2) is 0 Å². The Balaban J connectivity index is 1.56. The molecule has 3 N–H and O–H groups in total. The molecule has 0 radical (unpaired) electrons. The number of amides is 4. The standard InChI is InChI=1S/C20H20N4O4/c1-13(25)21-14-4-6-15(7-5-14)22-19(27)20(28)23-16-8-10-17(11-9-16)24-12-2-3-18(24)26/h4-11H,2-3,12H2,1H3,(H,21,25)(H,22,27)(H,23,28). The van der Waals surface area contributed by atoms with E-state index in [9.17, 15) is 19.2 Å². The fourth-order valence-corrected chi connectivity index (χ4v) is 2.86. The van der Waals surface area contributed by atoms with Crippen LogP contribution in [0.2, 0.25) is 0 Å². The van der Waals surface area contributed by atoms with E-state index in [0.717, 1.165) is 12.1 Å². The second-order valence-electron chi connectivity index (χ2n) is 6.36. The molecule has 8 nitrogen and oxygen atoms in total. The van der Waals surface area contributed by atoms with Crippen molar-refractivity contribution in [2.24, 2.45) is 0 Å². The van der Waals surface area contributed by atoms with Crippen molar-refractivity contribution in [3.63, 3.8) is 0 Å². The molecule has 1 saturated heterocycles. The van der Waals surface area contributed by atoms with Gasteiger partial charge in [-0.05, 0) is 55.0 Å². The zero-order valence-corrected chi connectivity index (χ0v) is 15.3. The minimum atomic E-state index is -0.814. The molecular formula is C20H20N4O4. The van der Waals surface area contributed by atoms with Crippen molar-refractivity contribution in [2.45, 2.75) is 19.8 Å². The Bertz CT molecular complexity index is 907. The molecule has 0 spiro atoms. The number of hydrogen-bond acceptors (Lipinski definition) is 4. The monoisotopic (exact) mass is 380 g/mol. The molecule has 0 atom stereocenters. The molecule has 28 heavy (non-hydrogen) atoms. The molecule has 0 bridgehead atoms. The summed E-state index contributed by atoms with van der Waals surface area (Å²) in [5.41, 5.74) is 2.24. The smallest absolute Gasteiger partial charge is 0.314 e. The number of rotatable bonds is 4. The Morgan fingerprint density at radius 1 is 0.786 bits per heavy atom. The van der Waals surface area contributed by atoms with Crippen molar-refractivity contribution in [3.05, 3.63) is 48.5 Å². The molecule has 1 fully saturated rings. The Morgan fingerprint density at radius 3 is 1.68 bits per heavy atom. The van der Waals surface area contributed by atoms with Crippen molar-refractivity contribution >= 4 is 46.4 Å². The molecule has 1 aliphatic rings. The SMILES string of the molecule is CC(=O)Nc1ccc(NC(=O)C(=O)Nc2ccc(N3CCCC3=O)cc2)cc1. The van der Waals surface area contributed by atoms with Gasteiger partial charge in [0.05, 0.1) is 0 Å². The molecule has 0 saturated carbocycles. The lowest BCUT2D eigenvalue weighted by Crippen LogP contribution is -2.29. The van der Waals surface area contributed by atoms with Crippen LogP contribution in [-0.2, 0) is 19.2 Å². The topological polar surface area (TPSA) is 108 Å². The van der Waals surface area contributed by atoms with Gasteiger partial charge in [0.25, 0.3) is 0 Å². The highest BCUT2D eigenvalue weighted by Gasteiger charge is 2.21. The van der Waals surface area contributed by atoms with Crippen LogP contribution in [0, 0.1) is 0 Å². The van der Waals surface area contributed by atoms with Gasteiger partial charge in [-0.1, -0.05) is 0 Å². The molecule has 3 rings (SSSR count). The molecule has 144 valence electrons. The Morgan fingerprint density at radius 2 is 1.25 bits per heavy atom. The predicted octanol–water partition coefficient (Wildman–Crippen LogP) is 2.35. The third-order valence-corrected chi connectivity index (χ3v) is 4.18. The summed E-state index contributed by atoms with van der Waals surface area (Å²) in [6, 6.07) is 13.2. The molecule has 0 unspecified atom stereocenters. The summed E-state index contributed by atoms with van der Waals surface area (Å²) in [7, 11) is 0. The van der Waals surface area contributed by atoms with Gasteiger partial charge >= 0.3 is 11.8 Å². The van der Waals surface area contributed by atoms with E-state index in [1.165, 1.54) is 6.92 Å². The maximum atomic E-state index is 12.1. The maximum Gasteiger partial charge on any atom is 0.314 e. The van der Waals surface area contributed by atoms with Gasteiger partial charge in [0.2, 0.25) is 11.8 Å². The average molecular weight is 380 g/mol. The van der Waals surface area contributed by atoms with Crippen molar-refractivity contribution in [1.82, 2.24) is 0 Å². The normalized spacial score (nSPS) is 13.2. The lowest BCUT2D eigenvalue weighted by atomic mass is 10.2. The Labute approximate surface area is 161 Å². The molecule has 1 heterocycles. The Hall–Kier alpha value is -3.68. The lowest BCUT2D eigenvalue weighted by Gasteiger charge is -2.16. The minimum absolute atomic E-state index is 0.0840. The van der Waals surface area contributed by atoms with Crippen molar-refractivity contribution in [3.8, 4) is 0 Å². The second kappa shape index (κ2) is 8.34. The highest BCUT2D eigenvalue weighted by Crippen LogP contribution is 2.23. The number of carbonyl (C=O) groups is 4. The van der Waals surface area contributed by atoms with E-state index in [0.29, 0.717) is 30.0 Å². The molecular weight excluding hydrogens is 360 g/mol. The van der Waals surface area contributed by atoms with Crippen LogP contribution in [-0.4, -0.2) is 30.2 Å². The van der Waals surface area contributed by atoms with Crippen LogP contribution < -0.4 is 20.9 Å². The van der Waals surface area contributed by atoms with E-state index in [4.69, 9.17) is 0 Å². The first-order valence-corrected chi connectivity index (χ1v) is 8.83. The van der Waals surface area contributed by atoms with Gasteiger partial charge in [-0.3, -0.25) is 19.2 Å². The van der Waals surface area contributed by atoms with E-state index in [1.807, 2.05) is 0 Å². The summed E-state index contributed by atoms with van der Waals surface area (Å²) in [6.45, 7) is 2.09. The van der Waals surface area contributed by atoms with Gasteiger partial charge < -0.3 is 20.9 Å². The quantitative estimate of drug-likeness (QED) is 0.708. The summed E-state index contributed by atoms with van der Waals surface area (Å²) < 4.78 is 0. The Kier molecular flexibility index (Phi) is 5.69. The first kappa shape index (κ1) is 19.1. The fraction of sp³-hybridized carbons (Fsp3) is 0.200. The first-order valence-electron chi connectivity index (χ1n) is 8.83. The third kappa shape index (κ3) is 4.73. The van der Waals surface area contributed by atoms with Gasteiger partial charge in [-0.15, -0.1) is 0 Å². The molecule has 4 amide bonds. The molecule has 0 aliphatic carbocycles. The van der Waals surface area contributed by atoms with Crippen LogP contribution in [0.1, 0.15) is 19.8 Å². The minimum Gasteiger partial charge on any atom is -0.326 e. The van der Waals surface area contributed by atoms with Crippen LogP contribution >= 0.6 is 0 Å². The van der Waals surface area contributed by atoms with Crippen LogP contribution in [0.4, 0.5) is 22.7 Å². The zero-order valence-electron chi connectivity index (χ0n) is 15.3. The summed E-state index contributed by atoms with van der Waals surface area (Å²) >= 11 is 0. The number of nitrogens with one attached hydrogen (secondary N) is 3. The summed E-state index contributed by atoms with van der Waals surface area (Å²) in [5, 5.41) is 7.62. The van der Waals surface area contributed by atoms with Crippen molar-refractivity contribution in [2.75, 3.05) is 27.4 Å². The highest BCUT2D eigenvalue weighted by molar-refractivity contribution is 6.43. The third-order valence-electron chi connectivity index (χ3n) is 4.18. The summed E-state index contributed by atoms with van der Waals surface area (Å²) in [4.78, 5) is 48.6. The zero-order chi connectivity index (χ0) is 20.1. The second-order valence-corrected chi connectivity index (χ2v) is 6.36. The van der Waals surface area contributed by atoms with Gasteiger partial charge in [0, 0.05) is 42.6 Å². The fourth-order valence-electron chi connectivity index (χ4n) is 2.86. The van der Waals surface area contributed by atoms with Crippen LogP contribution in [0.15, 0.2) is 48.5 Å². The highest BCUT2D eigenvalue weighted by atomic mass is 16.2. The van der Waals surface area contributed by atoms with Gasteiger partial charge in [-0.25, -0.2) is 0 Å². The average Bonchev–Trinajstić information content (AvgIpc) is 3.09. The van der Waals surface area contributed by atoms with Crippen LogP contribution in [0.3, 0.4) is 0 Å². The lowest BCUT2D eigenvalue weighted by molar-refractivity contribution is -0.132.